The summed E-state index contributed by atoms with van der Waals surface area (Å²) >= 11 is 0. The molecule has 0 radical (unpaired) electrons. The molecule has 2 amide bonds. The van der Waals surface area contributed by atoms with Crippen molar-refractivity contribution >= 4 is 11.7 Å². The number of hydrogen-bond acceptors (Lipinski definition) is 1. The van der Waals surface area contributed by atoms with Gasteiger partial charge in [-0.25, -0.2) is 4.79 Å². The second-order valence-corrected chi connectivity index (χ2v) is 5.92. The summed E-state index contributed by atoms with van der Waals surface area (Å²) in [5.74, 6) is 0.810. The fourth-order valence-electron chi connectivity index (χ4n) is 2.92. The lowest BCUT2D eigenvalue weighted by molar-refractivity contribution is 0.250. The van der Waals surface area contributed by atoms with Crippen LogP contribution in [0.4, 0.5) is 10.5 Å². The quantitative estimate of drug-likeness (QED) is 0.839. The van der Waals surface area contributed by atoms with Crippen molar-refractivity contribution in [1.29, 1.82) is 0 Å². The first-order valence-electron chi connectivity index (χ1n) is 7.78. The Hall–Kier alpha value is -1.51. The lowest BCUT2D eigenvalue weighted by Crippen LogP contribution is -2.31. The molecule has 0 atom stereocenters. The molecule has 0 aromatic heterocycles. The first-order valence-corrected chi connectivity index (χ1v) is 7.78. The minimum atomic E-state index is -0.0884. The highest BCUT2D eigenvalue weighted by Crippen LogP contribution is 2.25. The molecule has 0 bridgehead atoms. The van der Waals surface area contributed by atoms with Gasteiger partial charge in [0.1, 0.15) is 0 Å². The van der Waals surface area contributed by atoms with E-state index in [1.54, 1.807) is 0 Å². The summed E-state index contributed by atoms with van der Waals surface area (Å²) in [7, 11) is 0. The topological polar surface area (TPSA) is 41.1 Å². The molecule has 20 heavy (non-hydrogen) atoms. The number of carbonyl (C=O) groups is 1. The fourth-order valence-corrected chi connectivity index (χ4v) is 2.92. The van der Waals surface area contributed by atoms with Gasteiger partial charge in [0.15, 0.2) is 0 Å². The van der Waals surface area contributed by atoms with Crippen LogP contribution < -0.4 is 10.6 Å². The van der Waals surface area contributed by atoms with Gasteiger partial charge in [-0.3, -0.25) is 0 Å². The molecule has 0 saturated heterocycles. The number of hydrogen-bond donors (Lipinski definition) is 2. The van der Waals surface area contributed by atoms with E-state index in [-0.39, 0.29) is 6.03 Å². The Morgan fingerprint density at radius 2 is 1.95 bits per heavy atom. The van der Waals surface area contributed by atoms with E-state index in [0.29, 0.717) is 0 Å². The summed E-state index contributed by atoms with van der Waals surface area (Å²) in [6.45, 7) is 4.87. The lowest BCUT2D eigenvalue weighted by Gasteiger charge is -2.21. The van der Waals surface area contributed by atoms with Crippen LogP contribution in [0.3, 0.4) is 0 Å². The van der Waals surface area contributed by atoms with Crippen molar-refractivity contribution in [2.75, 3.05) is 11.9 Å². The third kappa shape index (κ3) is 4.26. The summed E-state index contributed by atoms with van der Waals surface area (Å²) in [5, 5.41) is 5.91. The second-order valence-electron chi connectivity index (χ2n) is 5.92. The highest BCUT2D eigenvalue weighted by Gasteiger charge is 2.13. The van der Waals surface area contributed by atoms with Gasteiger partial charge in [0.25, 0.3) is 0 Å². The number of aryl methyl sites for hydroxylation is 1. The SMILES string of the molecule is Cc1cccc(NC(=O)NCCC2CCCCC2)c1C. The van der Waals surface area contributed by atoms with E-state index in [1.165, 1.54) is 37.7 Å². The molecule has 1 aromatic carbocycles. The van der Waals surface area contributed by atoms with Gasteiger partial charge in [0.05, 0.1) is 0 Å². The van der Waals surface area contributed by atoms with Gasteiger partial charge in [0.2, 0.25) is 0 Å². The Bertz CT molecular complexity index is 450. The number of anilines is 1. The van der Waals surface area contributed by atoms with E-state index >= 15 is 0 Å². The zero-order valence-corrected chi connectivity index (χ0v) is 12.7. The zero-order valence-electron chi connectivity index (χ0n) is 12.7. The average molecular weight is 274 g/mol. The Balaban J connectivity index is 1.73. The lowest BCUT2D eigenvalue weighted by atomic mass is 9.87. The third-order valence-electron chi connectivity index (χ3n) is 4.42. The Kier molecular flexibility index (Phi) is 5.45. The molecule has 1 aliphatic rings. The predicted molar refractivity (Wildman–Crippen MR) is 84.1 cm³/mol. The molecule has 0 spiro atoms. The van der Waals surface area contributed by atoms with E-state index in [4.69, 9.17) is 0 Å². The summed E-state index contributed by atoms with van der Waals surface area (Å²) in [4.78, 5) is 11.9. The molecule has 1 aliphatic carbocycles. The molecule has 0 unspecified atom stereocenters. The monoisotopic (exact) mass is 274 g/mol. The maximum Gasteiger partial charge on any atom is 0.319 e. The number of amides is 2. The van der Waals surface area contributed by atoms with Gasteiger partial charge in [-0.1, -0.05) is 44.2 Å². The average Bonchev–Trinajstić information content (AvgIpc) is 2.45. The van der Waals surface area contributed by atoms with E-state index in [1.807, 2.05) is 19.1 Å². The molecule has 1 aromatic rings. The number of urea groups is 1. The summed E-state index contributed by atoms with van der Waals surface area (Å²) < 4.78 is 0. The highest BCUT2D eigenvalue weighted by atomic mass is 16.2. The minimum absolute atomic E-state index is 0.0884. The maximum atomic E-state index is 11.9. The van der Waals surface area contributed by atoms with Crippen LogP contribution in [-0.4, -0.2) is 12.6 Å². The first kappa shape index (κ1) is 14.9. The van der Waals surface area contributed by atoms with Crippen LogP contribution in [0.25, 0.3) is 0 Å². The molecule has 0 heterocycles. The molecule has 0 aliphatic heterocycles. The van der Waals surface area contributed by atoms with Gasteiger partial charge < -0.3 is 10.6 Å². The second kappa shape index (κ2) is 7.32. The van der Waals surface area contributed by atoms with Crippen molar-refractivity contribution in [3.63, 3.8) is 0 Å². The molecule has 1 fully saturated rings. The van der Waals surface area contributed by atoms with Gasteiger partial charge in [0, 0.05) is 12.2 Å². The first-order chi connectivity index (χ1) is 9.66. The van der Waals surface area contributed by atoms with Gasteiger partial charge in [-0.05, 0) is 43.4 Å². The molecule has 3 nitrogen and oxygen atoms in total. The maximum absolute atomic E-state index is 11.9. The standard InChI is InChI=1S/C17H26N2O/c1-13-7-6-10-16(14(13)2)19-17(20)18-12-11-15-8-4-3-5-9-15/h6-7,10,15H,3-5,8-9,11-12H2,1-2H3,(H2,18,19,20). The van der Waals surface area contributed by atoms with Crippen molar-refractivity contribution in [2.24, 2.45) is 5.92 Å². The number of benzene rings is 1. The van der Waals surface area contributed by atoms with Gasteiger partial charge in [-0.2, -0.15) is 0 Å². The van der Waals surface area contributed by atoms with Crippen LogP contribution in [0, 0.1) is 19.8 Å². The minimum Gasteiger partial charge on any atom is -0.338 e. The van der Waals surface area contributed by atoms with Crippen LogP contribution in [0.2, 0.25) is 0 Å². The summed E-state index contributed by atoms with van der Waals surface area (Å²) in [6, 6.07) is 5.89. The van der Waals surface area contributed by atoms with E-state index in [2.05, 4.69) is 23.6 Å². The Labute approximate surface area is 122 Å². The van der Waals surface area contributed by atoms with Gasteiger partial charge >= 0.3 is 6.03 Å². The van der Waals surface area contributed by atoms with Crippen LogP contribution in [-0.2, 0) is 0 Å². The van der Waals surface area contributed by atoms with Gasteiger partial charge in [-0.15, -0.1) is 0 Å². The van der Waals surface area contributed by atoms with Crippen molar-refractivity contribution < 1.29 is 4.79 Å². The van der Waals surface area contributed by atoms with Crippen LogP contribution >= 0.6 is 0 Å². The van der Waals surface area contributed by atoms with Crippen molar-refractivity contribution in [3.8, 4) is 0 Å². The molecule has 2 rings (SSSR count). The van der Waals surface area contributed by atoms with Crippen LogP contribution in [0.15, 0.2) is 18.2 Å². The number of rotatable bonds is 4. The number of nitrogens with one attached hydrogen (secondary N) is 2. The third-order valence-corrected chi connectivity index (χ3v) is 4.42. The summed E-state index contributed by atoms with van der Waals surface area (Å²) in [6.07, 6.45) is 7.89. The Morgan fingerprint density at radius 3 is 2.70 bits per heavy atom. The summed E-state index contributed by atoms with van der Waals surface area (Å²) in [5.41, 5.74) is 3.24. The fraction of sp³-hybridized carbons (Fsp3) is 0.588. The van der Waals surface area contributed by atoms with Crippen molar-refractivity contribution in [3.05, 3.63) is 29.3 Å². The van der Waals surface area contributed by atoms with Crippen LogP contribution in [0.5, 0.6) is 0 Å². The predicted octanol–water partition coefficient (Wildman–Crippen LogP) is 4.40. The van der Waals surface area contributed by atoms with E-state index in [9.17, 15) is 4.79 Å². The Morgan fingerprint density at radius 1 is 1.20 bits per heavy atom. The molecule has 2 N–H and O–H groups in total. The number of carbonyl (C=O) groups excluding carboxylic acids is 1. The molecular formula is C17H26N2O. The molecule has 110 valence electrons. The zero-order chi connectivity index (χ0) is 14.4. The van der Waals surface area contributed by atoms with E-state index < -0.39 is 0 Å². The largest absolute Gasteiger partial charge is 0.338 e. The normalized spacial score (nSPS) is 15.9. The van der Waals surface area contributed by atoms with E-state index in [0.717, 1.165) is 30.1 Å². The van der Waals surface area contributed by atoms with Crippen molar-refractivity contribution in [2.45, 2.75) is 52.4 Å². The van der Waals surface area contributed by atoms with Crippen molar-refractivity contribution in [1.82, 2.24) is 5.32 Å². The molecule has 3 heteroatoms. The smallest absolute Gasteiger partial charge is 0.319 e. The molecule has 1 saturated carbocycles. The van der Waals surface area contributed by atoms with Crippen LogP contribution in [0.1, 0.15) is 49.7 Å². The molecular weight excluding hydrogens is 248 g/mol. The highest BCUT2D eigenvalue weighted by molar-refractivity contribution is 5.90.